The summed E-state index contributed by atoms with van der Waals surface area (Å²) in [5.41, 5.74) is 8.47. The predicted octanol–water partition coefficient (Wildman–Crippen LogP) is 3.01. The van der Waals surface area contributed by atoms with E-state index < -0.39 is 0 Å². The first-order chi connectivity index (χ1) is 7.78. The van der Waals surface area contributed by atoms with E-state index in [9.17, 15) is 0 Å². The van der Waals surface area contributed by atoms with Gasteiger partial charge in [-0.2, -0.15) is 0 Å². The maximum Gasteiger partial charge on any atom is 0.0233 e. The summed E-state index contributed by atoms with van der Waals surface area (Å²) in [4.78, 5) is 2.54. The quantitative estimate of drug-likeness (QED) is 0.927. The number of aryl methyl sites for hydroxylation is 1. The number of nitrogens with zero attached hydrogens (tertiary/aromatic N) is 1. The van der Waals surface area contributed by atoms with Crippen LogP contribution in [0.3, 0.4) is 0 Å². The van der Waals surface area contributed by atoms with E-state index in [4.69, 9.17) is 5.73 Å². The van der Waals surface area contributed by atoms with E-state index in [-0.39, 0.29) is 24.8 Å². The van der Waals surface area contributed by atoms with Gasteiger partial charge in [0.1, 0.15) is 0 Å². The molecule has 0 bridgehead atoms. The van der Waals surface area contributed by atoms with Crippen molar-refractivity contribution in [3.05, 3.63) is 35.4 Å². The summed E-state index contributed by atoms with van der Waals surface area (Å²) in [7, 11) is 0. The molecule has 4 heteroatoms. The Bertz CT molecular complexity index is 319. The maximum atomic E-state index is 5.70. The van der Waals surface area contributed by atoms with Gasteiger partial charge in [-0.15, -0.1) is 24.8 Å². The average molecular weight is 291 g/mol. The number of benzene rings is 1. The molecular formula is C14H24Cl2N2. The predicted molar refractivity (Wildman–Crippen MR) is 82.7 cm³/mol. The summed E-state index contributed by atoms with van der Waals surface area (Å²) in [6.07, 6.45) is 2.53. The molecule has 0 aromatic heterocycles. The molecular weight excluding hydrogens is 267 g/mol. The Labute approximate surface area is 123 Å². The minimum Gasteiger partial charge on any atom is -0.330 e. The van der Waals surface area contributed by atoms with Crippen LogP contribution in [0.25, 0.3) is 0 Å². The second-order valence-corrected chi connectivity index (χ2v) is 4.94. The zero-order valence-electron chi connectivity index (χ0n) is 11.0. The van der Waals surface area contributed by atoms with Gasteiger partial charge in [0.15, 0.2) is 0 Å². The fourth-order valence-electron chi connectivity index (χ4n) is 2.33. The molecule has 0 aliphatic carbocycles. The van der Waals surface area contributed by atoms with Crippen molar-refractivity contribution in [1.82, 2.24) is 4.90 Å². The highest BCUT2D eigenvalue weighted by atomic mass is 35.5. The van der Waals surface area contributed by atoms with Crippen molar-refractivity contribution in [2.45, 2.75) is 26.3 Å². The van der Waals surface area contributed by atoms with Crippen LogP contribution in [-0.4, -0.2) is 24.5 Å². The molecule has 1 fully saturated rings. The molecule has 2 rings (SSSR count). The highest BCUT2D eigenvalue weighted by Crippen LogP contribution is 2.17. The maximum absolute atomic E-state index is 5.70. The number of hydrogen-bond acceptors (Lipinski definition) is 2. The molecule has 0 unspecified atom stereocenters. The topological polar surface area (TPSA) is 29.3 Å². The first-order valence-electron chi connectivity index (χ1n) is 6.26. The minimum atomic E-state index is 0. The Morgan fingerprint density at radius 3 is 2.17 bits per heavy atom. The summed E-state index contributed by atoms with van der Waals surface area (Å²) < 4.78 is 0. The molecule has 1 aromatic carbocycles. The van der Waals surface area contributed by atoms with Crippen LogP contribution in [0.5, 0.6) is 0 Å². The zero-order valence-corrected chi connectivity index (χ0v) is 12.6. The minimum absolute atomic E-state index is 0. The lowest BCUT2D eigenvalue weighted by Gasteiger charge is -2.31. The van der Waals surface area contributed by atoms with E-state index in [2.05, 4.69) is 36.1 Å². The number of likely N-dealkylation sites (tertiary alicyclic amines) is 1. The Balaban J connectivity index is 0.00000144. The monoisotopic (exact) mass is 290 g/mol. The molecule has 0 atom stereocenters. The van der Waals surface area contributed by atoms with Gasteiger partial charge in [-0.05, 0) is 50.9 Å². The summed E-state index contributed by atoms with van der Waals surface area (Å²) in [6.45, 7) is 6.50. The normalized spacial score (nSPS) is 16.8. The second kappa shape index (κ2) is 8.76. The van der Waals surface area contributed by atoms with Gasteiger partial charge < -0.3 is 5.73 Å². The van der Waals surface area contributed by atoms with Gasteiger partial charge in [0.2, 0.25) is 0 Å². The van der Waals surface area contributed by atoms with Gasteiger partial charge in [-0.3, -0.25) is 4.90 Å². The smallest absolute Gasteiger partial charge is 0.0233 e. The van der Waals surface area contributed by atoms with Gasteiger partial charge in [0.05, 0.1) is 0 Å². The molecule has 0 saturated carbocycles. The molecule has 2 N–H and O–H groups in total. The van der Waals surface area contributed by atoms with E-state index in [1.165, 1.54) is 37.1 Å². The number of rotatable bonds is 3. The summed E-state index contributed by atoms with van der Waals surface area (Å²) in [5, 5.41) is 0. The highest BCUT2D eigenvalue weighted by Gasteiger charge is 2.17. The Morgan fingerprint density at radius 1 is 1.11 bits per heavy atom. The third-order valence-corrected chi connectivity index (χ3v) is 3.57. The summed E-state index contributed by atoms with van der Waals surface area (Å²) in [5.74, 6) is 0.759. The van der Waals surface area contributed by atoms with E-state index in [1.807, 2.05) is 0 Å². The van der Waals surface area contributed by atoms with Crippen molar-refractivity contribution >= 4 is 24.8 Å². The van der Waals surface area contributed by atoms with Crippen molar-refractivity contribution in [3.8, 4) is 0 Å². The zero-order chi connectivity index (χ0) is 11.4. The van der Waals surface area contributed by atoms with E-state index in [0.29, 0.717) is 0 Å². The van der Waals surface area contributed by atoms with Crippen LogP contribution >= 0.6 is 24.8 Å². The van der Waals surface area contributed by atoms with Crippen LogP contribution in [0, 0.1) is 12.8 Å². The fraction of sp³-hybridized carbons (Fsp3) is 0.571. The molecule has 1 aliphatic heterocycles. The van der Waals surface area contributed by atoms with E-state index in [1.54, 1.807) is 0 Å². The molecule has 0 amide bonds. The third-order valence-electron chi connectivity index (χ3n) is 3.57. The standard InChI is InChI=1S/C14H22N2.2ClH/c1-12-2-4-14(5-3-12)11-16-8-6-13(10-15)7-9-16;;/h2-5,13H,6-11,15H2,1H3;2*1H. The number of hydrogen-bond donors (Lipinski definition) is 1. The van der Waals surface area contributed by atoms with Crippen molar-refractivity contribution in [1.29, 1.82) is 0 Å². The first-order valence-corrected chi connectivity index (χ1v) is 6.26. The lowest BCUT2D eigenvalue weighted by Crippen LogP contribution is -2.35. The van der Waals surface area contributed by atoms with Crippen LogP contribution in [0.15, 0.2) is 24.3 Å². The average Bonchev–Trinajstić information content (AvgIpc) is 2.33. The molecule has 104 valence electrons. The van der Waals surface area contributed by atoms with Gasteiger partial charge in [0, 0.05) is 6.54 Å². The lowest BCUT2D eigenvalue weighted by atomic mass is 9.97. The molecule has 1 heterocycles. The van der Waals surface area contributed by atoms with Crippen LogP contribution in [0.2, 0.25) is 0 Å². The van der Waals surface area contributed by atoms with Crippen LogP contribution < -0.4 is 5.73 Å². The van der Waals surface area contributed by atoms with Crippen molar-refractivity contribution in [3.63, 3.8) is 0 Å². The molecule has 2 nitrogen and oxygen atoms in total. The molecule has 0 spiro atoms. The second-order valence-electron chi connectivity index (χ2n) is 4.94. The molecule has 1 saturated heterocycles. The van der Waals surface area contributed by atoms with Crippen LogP contribution in [0.1, 0.15) is 24.0 Å². The van der Waals surface area contributed by atoms with Crippen molar-refractivity contribution in [2.24, 2.45) is 11.7 Å². The van der Waals surface area contributed by atoms with Crippen LogP contribution in [-0.2, 0) is 6.54 Å². The number of nitrogens with two attached hydrogens (primary N) is 1. The van der Waals surface area contributed by atoms with Crippen molar-refractivity contribution < 1.29 is 0 Å². The van der Waals surface area contributed by atoms with Gasteiger partial charge in [-0.25, -0.2) is 0 Å². The molecule has 1 aliphatic rings. The Morgan fingerprint density at radius 2 is 1.67 bits per heavy atom. The number of piperidine rings is 1. The third kappa shape index (κ3) is 5.15. The highest BCUT2D eigenvalue weighted by molar-refractivity contribution is 5.85. The number of halogens is 2. The van der Waals surface area contributed by atoms with Crippen LogP contribution in [0.4, 0.5) is 0 Å². The fourth-order valence-corrected chi connectivity index (χ4v) is 2.33. The molecule has 0 radical (unpaired) electrons. The first kappa shape index (κ1) is 17.7. The van der Waals surface area contributed by atoms with Gasteiger partial charge >= 0.3 is 0 Å². The summed E-state index contributed by atoms with van der Waals surface area (Å²) >= 11 is 0. The Kier molecular flexibility index (Phi) is 8.62. The van der Waals surface area contributed by atoms with Crippen molar-refractivity contribution in [2.75, 3.05) is 19.6 Å². The van der Waals surface area contributed by atoms with Gasteiger partial charge in [0.25, 0.3) is 0 Å². The van der Waals surface area contributed by atoms with Gasteiger partial charge in [-0.1, -0.05) is 29.8 Å². The Hall–Kier alpha value is -0.280. The molecule has 1 aromatic rings. The lowest BCUT2D eigenvalue weighted by molar-refractivity contribution is 0.180. The largest absolute Gasteiger partial charge is 0.330 e. The SMILES string of the molecule is Cc1ccc(CN2CCC(CN)CC2)cc1.Cl.Cl. The van der Waals surface area contributed by atoms with E-state index in [0.717, 1.165) is 19.0 Å². The molecule has 18 heavy (non-hydrogen) atoms. The summed E-state index contributed by atoms with van der Waals surface area (Å²) in [6, 6.07) is 8.87. The van der Waals surface area contributed by atoms with E-state index >= 15 is 0 Å².